The van der Waals surface area contributed by atoms with Crippen molar-refractivity contribution in [1.29, 1.82) is 0 Å². The quantitative estimate of drug-likeness (QED) is 0.440. The lowest BCUT2D eigenvalue weighted by atomic mass is 9.98. The Morgan fingerprint density at radius 3 is 2.96 bits per heavy atom. The van der Waals surface area contributed by atoms with Crippen molar-refractivity contribution in [3.05, 3.63) is 29.3 Å². The summed E-state index contributed by atoms with van der Waals surface area (Å²) in [5, 5.41) is 3.25. The number of hydrogen-bond acceptors (Lipinski definition) is 2. The number of likely N-dealkylation sites (tertiary alicyclic amines) is 1. The maximum atomic E-state index is 6.06. The van der Waals surface area contributed by atoms with Crippen LogP contribution in [-0.2, 0) is 12.8 Å². The van der Waals surface area contributed by atoms with Gasteiger partial charge in [-0.2, -0.15) is 0 Å². The number of rotatable bonds is 4. The fraction of sp³-hybridized carbons (Fsp3) is 0.611. The molecule has 0 bridgehead atoms. The normalized spacial score (nSPS) is 21.6. The predicted octanol–water partition coefficient (Wildman–Crippen LogP) is 3.25. The number of aryl methyl sites for hydroxylation is 2. The van der Waals surface area contributed by atoms with Crippen LogP contribution in [0, 0.1) is 5.92 Å². The lowest BCUT2D eigenvalue weighted by Crippen LogP contribution is -2.36. The Hall–Kier alpha value is -0.820. The molecule has 2 aliphatic rings. The van der Waals surface area contributed by atoms with E-state index >= 15 is 0 Å². The Morgan fingerprint density at radius 2 is 2.13 bits per heavy atom. The lowest BCUT2D eigenvalue weighted by Gasteiger charge is -2.30. The molecule has 1 fully saturated rings. The molecule has 128 valence electrons. The van der Waals surface area contributed by atoms with E-state index in [2.05, 4.69) is 40.3 Å². The summed E-state index contributed by atoms with van der Waals surface area (Å²) in [6, 6.07) is 6.56. The Labute approximate surface area is 156 Å². The molecule has 0 spiro atoms. The number of nitrogens with two attached hydrogens (primary N) is 1. The van der Waals surface area contributed by atoms with E-state index in [0.717, 1.165) is 25.3 Å². The number of fused-ring (bicyclic) bond motifs is 1. The molecule has 4 nitrogen and oxygen atoms in total. The van der Waals surface area contributed by atoms with Crippen molar-refractivity contribution in [3.63, 3.8) is 0 Å². The molecule has 1 unspecified atom stereocenters. The van der Waals surface area contributed by atoms with E-state index in [1.165, 1.54) is 49.8 Å². The molecule has 1 saturated heterocycles. The van der Waals surface area contributed by atoms with Crippen LogP contribution >= 0.6 is 24.0 Å². The van der Waals surface area contributed by atoms with Crippen LogP contribution in [-0.4, -0.2) is 37.0 Å². The van der Waals surface area contributed by atoms with Crippen molar-refractivity contribution >= 4 is 35.6 Å². The van der Waals surface area contributed by atoms with E-state index in [9.17, 15) is 0 Å². The first-order valence-electron chi connectivity index (χ1n) is 8.65. The minimum Gasteiger partial charge on any atom is -0.370 e. The molecule has 3 N–H and O–H groups in total. The average Bonchev–Trinajstić information content (AvgIpc) is 3.01. The molecule has 0 radical (unpaired) electrons. The molecule has 1 aliphatic carbocycles. The zero-order chi connectivity index (χ0) is 15.4. The second-order valence-electron chi connectivity index (χ2n) is 6.59. The van der Waals surface area contributed by atoms with Gasteiger partial charge in [0.1, 0.15) is 0 Å². The number of piperidine rings is 1. The summed E-state index contributed by atoms with van der Waals surface area (Å²) in [5.74, 6) is 1.20. The third-order valence-electron chi connectivity index (χ3n) is 4.94. The van der Waals surface area contributed by atoms with Crippen molar-refractivity contribution in [2.45, 2.75) is 39.0 Å². The first-order chi connectivity index (χ1) is 10.7. The van der Waals surface area contributed by atoms with Crippen LogP contribution in [0.5, 0.6) is 0 Å². The minimum atomic E-state index is 0. The van der Waals surface area contributed by atoms with Gasteiger partial charge < -0.3 is 16.0 Å². The third kappa shape index (κ3) is 5.08. The second-order valence-corrected chi connectivity index (χ2v) is 6.59. The van der Waals surface area contributed by atoms with Gasteiger partial charge in [-0.3, -0.25) is 4.99 Å². The highest BCUT2D eigenvalue weighted by Crippen LogP contribution is 2.24. The molecule has 1 aromatic rings. The first kappa shape index (κ1) is 18.5. The molecule has 1 aromatic carbocycles. The van der Waals surface area contributed by atoms with Gasteiger partial charge in [0.2, 0.25) is 0 Å². The number of benzene rings is 1. The maximum Gasteiger partial charge on any atom is 0.193 e. The second kappa shape index (κ2) is 8.87. The Bertz CT molecular complexity index is 544. The van der Waals surface area contributed by atoms with Crippen LogP contribution in [0.1, 0.15) is 37.3 Å². The summed E-state index contributed by atoms with van der Waals surface area (Å²) in [7, 11) is 0. The number of halogens is 1. The summed E-state index contributed by atoms with van der Waals surface area (Å²) in [6.45, 7) is 6.60. The largest absolute Gasteiger partial charge is 0.370 e. The van der Waals surface area contributed by atoms with E-state index in [-0.39, 0.29) is 24.0 Å². The van der Waals surface area contributed by atoms with Gasteiger partial charge in [0.15, 0.2) is 5.96 Å². The monoisotopic (exact) mass is 428 g/mol. The summed E-state index contributed by atoms with van der Waals surface area (Å²) in [4.78, 5) is 7.07. The van der Waals surface area contributed by atoms with Crippen LogP contribution in [0.2, 0.25) is 0 Å². The number of aliphatic imine (C=N–C) groups is 1. The van der Waals surface area contributed by atoms with E-state index in [1.807, 2.05) is 0 Å². The smallest absolute Gasteiger partial charge is 0.193 e. The average molecular weight is 428 g/mol. The van der Waals surface area contributed by atoms with Gasteiger partial charge >= 0.3 is 0 Å². The Kier molecular flexibility index (Phi) is 7.14. The molecule has 3 rings (SSSR count). The summed E-state index contributed by atoms with van der Waals surface area (Å²) >= 11 is 0. The third-order valence-corrected chi connectivity index (χ3v) is 4.94. The summed E-state index contributed by atoms with van der Waals surface area (Å²) in [6.07, 6.45) is 6.24. The SMILES string of the molecule is CCN1CCCC(CN=C(N)Nc2ccc3c(c2)CCC3)C1.I. The number of anilines is 1. The van der Waals surface area contributed by atoms with Gasteiger partial charge in [-0.25, -0.2) is 0 Å². The van der Waals surface area contributed by atoms with E-state index in [1.54, 1.807) is 0 Å². The van der Waals surface area contributed by atoms with Crippen LogP contribution in [0.25, 0.3) is 0 Å². The molecule has 0 aromatic heterocycles. The maximum absolute atomic E-state index is 6.06. The van der Waals surface area contributed by atoms with Crippen LogP contribution in [0.4, 0.5) is 5.69 Å². The molecule has 1 aliphatic heterocycles. The van der Waals surface area contributed by atoms with Crippen LogP contribution in [0.3, 0.4) is 0 Å². The molecular weight excluding hydrogens is 399 g/mol. The topological polar surface area (TPSA) is 53.6 Å². The van der Waals surface area contributed by atoms with Crippen molar-refractivity contribution in [1.82, 2.24) is 4.90 Å². The minimum absolute atomic E-state index is 0. The molecule has 0 amide bonds. The highest BCUT2D eigenvalue weighted by molar-refractivity contribution is 14.0. The van der Waals surface area contributed by atoms with Gasteiger partial charge in [0, 0.05) is 18.8 Å². The van der Waals surface area contributed by atoms with E-state index in [4.69, 9.17) is 5.73 Å². The van der Waals surface area contributed by atoms with Crippen molar-refractivity contribution in [2.75, 3.05) is 31.5 Å². The summed E-state index contributed by atoms with van der Waals surface area (Å²) in [5.41, 5.74) is 10.1. The Balaban J connectivity index is 0.00000192. The van der Waals surface area contributed by atoms with Gasteiger partial charge in [0.05, 0.1) is 0 Å². The van der Waals surface area contributed by atoms with E-state index < -0.39 is 0 Å². The number of nitrogens with one attached hydrogen (secondary N) is 1. The zero-order valence-corrected chi connectivity index (χ0v) is 16.4. The lowest BCUT2D eigenvalue weighted by molar-refractivity contribution is 0.187. The number of hydrogen-bond donors (Lipinski definition) is 2. The molecule has 0 saturated carbocycles. The molecule has 1 heterocycles. The van der Waals surface area contributed by atoms with E-state index in [0.29, 0.717) is 11.9 Å². The predicted molar refractivity (Wildman–Crippen MR) is 109 cm³/mol. The van der Waals surface area contributed by atoms with Crippen molar-refractivity contribution in [2.24, 2.45) is 16.6 Å². The van der Waals surface area contributed by atoms with Gasteiger partial charge in [-0.05, 0) is 74.4 Å². The van der Waals surface area contributed by atoms with Crippen molar-refractivity contribution < 1.29 is 0 Å². The first-order valence-corrected chi connectivity index (χ1v) is 8.65. The van der Waals surface area contributed by atoms with Crippen LogP contribution < -0.4 is 11.1 Å². The highest BCUT2D eigenvalue weighted by Gasteiger charge is 2.18. The molecule has 23 heavy (non-hydrogen) atoms. The fourth-order valence-corrected chi connectivity index (χ4v) is 3.65. The fourth-order valence-electron chi connectivity index (χ4n) is 3.65. The number of nitrogens with zero attached hydrogens (tertiary/aromatic N) is 2. The molecule has 5 heteroatoms. The Morgan fingerprint density at radius 1 is 1.30 bits per heavy atom. The summed E-state index contributed by atoms with van der Waals surface area (Å²) < 4.78 is 0. The molecular formula is C18H29IN4. The standard InChI is InChI=1S/C18H28N4.HI/c1-2-22-10-4-5-14(13-22)12-20-18(19)21-17-9-8-15-6-3-7-16(15)11-17;/h8-9,11,14H,2-7,10,12-13H2,1H3,(H3,19,20,21);1H. The van der Waals surface area contributed by atoms with Gasteiger partial charge in [0.25, 0.3) is 0 Å². The van der Waals surface area contributed by atoms with Gasteiger partial charge in [-0.15, -0.1) is 24.0 Å². The number of guanidine groups is 1. The van der Waals surface area contributed by atoms with Crippen LogP contribution in [0.15, 0.2) is 23.2 Å². The zero-order valence-electron chi connectivity index (χ0n) is 14.1. The highest BCUT2D eigenvalue weighted by atomic mass is 127. The van der Waals surface area contributed by atoms with Gasteiger partial charge in [-0.1, -0.05) is 13.0 Å². The molecule has 1 atom stereocenters. The van der Waals surface area contributed by atoms with Crippen molar-refractivity contribution in [3.8, 4) is 0 Å².